The highest BCUT2D eigenvalue weighted by atomic mass is 35.5. The number of thiophene rings is 1. The van der Waals surface area contributed by atoms with E-state index in [1.54, 1.807) is 18.4 Å². The van der Waals surface area contributed by atoms with Crippen LogP contribution in [0.1, 0.15) is 12.5 Å². The summed E-state index contributed by atoms with van der Waals surface area (Å²) in [6, 6.07) is 1.58. The first-order valence-electron chi connectivity index (χ1n) is 4.65. The van der Waals surface area contributed by atoms with E-state index in [-0.39, 0.29) is 16.9 Å². The molecule has 0 aromatic carbocycles. The summed E-state index contributed by atoms with van der Waals surface area (Å²) in [6.45, 7) is 2.05. The van der Waals surface area contributed by atoms with Crippen LogP contribution in [0, 0.1) is 0 Å². The van der Waals surface area contributed by atoms with E-state index in [0.717, 1.165) is 16.9 Å². The fourth-order valence-corrected chi connectivity index (χ4v) is 3.56. The number of alkyl halides is 1. The van der Waals surface area contributed by atoms with Crippen LogP contribution in [0.15, 0.2) is 15.7 Å². The van der Waals surface area contributed by atoms with Gasteiger partial charge in [0.2, 0.25) is 10.0 Å². The zero-order valence-corrected chi connectivity index (χ0v) is 11.5. The number of halogens is 1. The van der Waals surface area contributed by atoms with E-state index in [0.29, 0.717) is 5.88 Å². The Balaban J connectivity index is 2.70. The number of hydrogen-bond donors (Lipinski definition) is 1. The molecule has 0 radical (unpaired) electrons. The molecule has 1 aromatic heterocycles. The number of ether oxygens (including phenoxy) is 1. The van der Waals surface area contributed by atoms with Crippen LogP contribution in [-0.2, 0) is 20.6 Å². The Kier molecular flexibility index (Phi) is 5.20. The van der Waals surface area contributed by atoms with Crippen LogP contribution < -0.4 is 4.72 Å². The average molecular weight is 284 g/mol. The minimum atomic E-state index is -3.42. The van der Waals surface area contributed by atoms with Gasteiger partial charge in [0.15, 0.2) is 0 Å². The molecule has 0 aliphatic heterocycles. The molecule has 1 unspecified atom stereocenters. The van der Waals surface area contributed by atoms with Crippen molar-refractivity contribution in [2.45, 2.75) is 23.1 Å². The molecule has 1 aromatic rings. The van der Waals surface area contributed by atoms with Crippen molar-refractivity contribution in [2.24, 2.45) is 0 Å². The van der Waals surface area contributed by atoms with Crippen LogP contribution in [0.3, 0.4) is 0 Å². The monoisotopic (exact) mass is 283 g/mol. The largest absolute Gasteiger partial charge is 0.380 e. The van der Waals surface area contributed by atoms with Crippen molar-refractivity contribution in [2.75, 3.05) is 13.7 Å². The summed E-state index contributed by atoms with van der Waals surface area (Å²) in [5.41, 5.74) is 0.812. The topological polar surface area (TPSA) is 55.4 Å². The van der Waals surface area contributed by atoms with E-state index in [9.17, 15) is 8.42 Å². The highest BCUT2D eigenvalue weighted by molar-refractivity contribution is 7.91. The fourth-order valence-electron chi connectivity index (χ4n) is 0.946. The lowest BCUT2D eigenvalue weighted by Gasteiger charge is -2.10. The van der Waals surface area contributed by atoms with Gasteiger partial charge in [-0.1, -0.05) is 0 Å². The Labute approximate surface area is 105 Å². The molecule has 0 fully saturated rings. The highest BCUT2D eigenvalue weighted by Crippen LogP contribution is 2.21. The normalized spacial score (nSPS) is 13.9. The van der Waals surface area contributed by atoms with Crippen molar-refractivity contribution in [3.63, 3.8) is 0 Å². The van der Waals surface area contributed by atoms with Crippen LogP contribution >= 0.6 is 22.9 Å². The second kappa shape index (κ2) is 5.97. The number of hydrogen-bond acceptors (Lipinski definition) is 4. The van der Waals surface area contributed by atoms with Gasteiger partial charge in [0.25, 0.3) is 0 Å². The highest BCUT2D eigenvalue weighted by Gasteiger charge is 2.17. The summed E-state index contributed by atoms with van der Waals surface area (Å²) in [4.78, 5) is 0. The first kappa shape index (κ1) is 13.9. The molecule has 0 bridgehead atoms. The molecule has 0 saturated carbocycles. The van der Waals surface area contributed by atoms with Crippen LogP contribution in [0.2, 0.25) is 0 Å². The lowest BCUT2D eigenvalue weighted by molar-refractivity contribution is 0.122. The maximum Gasteiger partial charge on any atom is 0.250 e. The molecule has 0 aliphatic carbocycles. The maximum atomic E-state index is 11.8. The van der Waals surface area contributed by atoms with Crippen molar-refractivity contribution in [1.29, 1.82) is 0 Å². The Bertz CT molecular complexity index is 430. The second-order valence-corrected chi connectivity index (χ2v) is 6.48. The molecular weight excluding hydrogens is 270 g/mol. The van der Waals surface area contributed by atoms with E-state index in [1.807, 2.05) is 0 Å². The Morgan fingerprint density at radius 1 is 1.62 bits per heavy atom. The Hall–Kier alpha value is -0.140. The number of nitrogens with one attached hydrogen (secondary N) is 1. The van der Waals surface area contributed by atoms with Crippen molar-refractivity contribution in [3.8, 4) is 0 Å². The van der Waals surface area contributed by atoms with Gasteiger partial charge in [0.1, 0.15) is 4.21 Å². The minimum absolute atomic E-state index is 0.151. The zero-order valence-electron chi connectivity index (χ0n) is 9.07. The van der Waals surface area contributed by atoms with Crippen molar-refractivity contribution in [3.05, 3.63) is 17.0 Å². The lowest BCUT2D eigenvalue weighted by atomic mass is 10.4. The maximum absolute atomic E-state index is 11.8. The van der Waals surface area contributed by atoms with E-state index in [1.165, 1.54) is 7.11 Å². The summed E-state index contributed by atoms with van der Waals surface area (Å²) in [6.07, 6.45) is -0.151. The first-order valence-corrected chi connectivity index (χ1v) is 7.55. The van der Waals surface area contributed by atoms with Crippen molar-refractivity contribution in [1.82, 2.24) is 4.72 Å². The fraction of sp³-hybridized carbons (Fsp3) is 0.556. The van der Waals surface area contributed by atoms with Gasteiger partial charge in [-0.2, -0.15) is 0 Å². The van der Waals surface area contributed by atoms with Crippen LogP contribution in [0.5, 0.6) is 0 Å². The van der Waals surface area contributed by atoms with Gasteiger partial charge in [0, 0.05) is 19.5 Å². The van der Waals surface area contributed by atoms with Crippen LogP contribution in [0.4, 0.5) is 0 Å². The van der Waals surface area contributed by atoms with Crippen molar-refractivity contribution >= 4 is 33.0 Å². The molecule has 4 nitrogen and oxygen atoms in total. The summed E-state index contributed by atoms with van der Waals surface area (Å²) >= 11 is 6.78. The van der Waals surface area contributed by atoms with E-state index >= 15 is 0 Å². The number of sulfonamides is 1. The standard InChI is InChI=1S/C9H14ClNO3S2/c1-7(14-2)5-11-16(12,13)9-3-8(4-10)6-15-9/h3,6-7,11H,4-5H2,1-2H3. The summed E-state index contributed by atoms with van der Waals surface area (Å²) < 4.78 is 31.3. The lowest BCUT2D eigenvalue weighted by Crippen LogP contribution is -2.31. The quantitative estimate of drug-likeness (QED) is 0.810. The average Bonchev–Trinajstić information content (AvgIpc) is 2.75. The van der Waals surface area contributed by atoms with Crippen LogP contribution in [-0.4, -0.2) is 28.2 Å². The van der Waals surface area contributed by atoms with Gasteiger partial charge >= 0.3 is 0 Å². The zero-order chi connectivity index (χ0) is 12.2. The number of rotatable bonds is 6. The van der Waals surface area contributed by atoms with Gasteiger partial charge < -0.3 is 4.74 Å². The molecule has 0 spiro atoms. The van der Waals surface area contributed by atoms with E-state index < -0.39 is 10.0 Å². The minimum Gasteiger partial charge on any atom is -0.380 e. The van der Waals surface area contributed by atoms with Crippen LogP contribution in [0.25, 0.3) is 0 Å². The third-order valence-corrected chi connectivity index (χ3v) is 5.23. The molecule has 1 rings (SSSR count). The van der Waals surface area contributed by atoms with Gasteiger partial charge in [-0.25, -0.2) is 13.1 Å². The Morgan fingerprint density at radius 2 is 2.31 bits per heavy atom. The van der Waals surface area contributed by atoms with Gasteiger partial charge in [0.05, 0.1) is 6.10 Å². The predicted molar refractivity (Wildman–Crippen MR) is 65.5 cm³/mol. The van der Waals surface area contributed by atoms with E-state index in [4.69, 9.17) is 16.3 Å². The molecule has 1 N–H and O–H groups in total. The van der Waals surface area contributed by atoms with Crippen molar-refractivity contribution < 1.29 is 13.2 Å². The summed E-state index contributed by atoms with van der Waals surface area (Å²) in [5.74, 6) is 0.320. The van der Waals surface area contributed by atoms with Gasteiger partial charge in [-0.05, 0) is 23.9 Å². The summed E-state index contributed by atoms with van der Waals surface area (Å²) in [7, 11) is -1.89. The third-order valence-electron chi connectivity index (χ3n) is 2.01. The molecule has 1 heterocycles. The smallest absolute Gasteiger partial charge is 0.250 e. The summed E-state index contributed by atoms with van der Waals surface area (Å²) in [5, 5.41) is 1.74. The first-order chi connectivity index (χ1) is 7.49. The molecule has 7 heteroatoms. The molecule has 0 aliphatic rings. The molecule has 92 valence electrons. The van der Waals surface area contributed by atoms with Gasteiger partial charge in [-0.3, -0.25) is 0 Å². The second-order valence-electron chi connectivity index (χ2n) is 3.31. The van der Waals surface area contributed by atoms with E-state index in [2.05, 4.69) is 4.72 Å². The third kappa shape index (κ3) is 3.71. The molecule has 0 saturated heterocycles. The molecular formula is C9H14ClNO3S2. The molecule has 16 heavy (non-hydrogen) atoms. The Morgan fingerprint density at radius 3 is 2.81 bits per heavy atom. The molecule has 1 atom stereocenters. The van der Waals surface area contributed by atoms with Gasteiger partial charge in [-0.15, -0.1) is 22.9 Å². The molecule has 0 amide bonds. The predicted octanol–water partition coefficient (Wildman–Crippen LogP) is 1.80. The number of methoxy groups -OCH3 is 1. The SMILES string of the molecule is COC(C)CNS(=O)(=O)c1cc(CCl)cs1.